The SMILES string of the molecule is C#C[C@H]1C[C@@H]1C(=O)Nc1cc([C@@H]2C[C@H](OC(=O)NC(C)(C)CC)CO2)[nH]n1. The van der Waals surface area contributed by atoms with Crippen molar-refractivity contribution < 1.29 is 19.1 Å². The first-order chi connectivity index (χ1) is 12.8. The highest BCUT2D eigenvalue weighted by molar-refractivity contribution is 5.94. The summed E-state index contributed by atoms with van der Waals surface area (Å²) in [5.41, 5.74) is 0.418. The van der Waals surface area contributed by atoms with Crippen LogP contribution in [-0.4, -0.2) is 40.4 Å². The zero-order valence-corrected chi connectivity index (χ0v) is 15.9. The van der Waals surface area contributed by atoms with E-state index in [2.05, 4.69) is 26.8 Å². The van der Waals surface area contributed by atoms with E-state index in [4.69, 9.17) is 15.9 Å². The highest BCUT2D eigenvalue weighted by atomic mass is 16.6. The number of alkyl carbamates (subject to hydrolysis) is 1. The number of aromatic amines is 1. The zero-order chi connectivity index (χ0) is 19.6. The van der Waals surface area contributed by atoms with Crippen LogP contribution in [0.4, 0.5) is 10.6 Å². The Morgan fingerprint density at radius 1 is 1.48 bits per heavy atom. The summed E-state index contributed by atoms with van der Waals surface area (Å²) < 4.78 is 11.1. The van der Waals surface area contributed by atoms with E-state index < -0.39 is 6.09 Å². The molecule has 8 nitrogen and oxygen atoms in total. The minimum Gasteiger partial charge on any atom is -0.444 e. The molecule has 4 atom stereocenters. The molecule has 2 fully saturated rings. The van der Waals surface area contributed by atoms with Crippen LogP contribution in [0, 0.1) is 24.2 Å². The molecule has 0 aromatic carbocycles. The van der Waals surface area contributed by atoms with Gasteiger partial charge in [0.15, 0.2) is 5.82 Å². The van der Waals surface area contributed by atoms with Gasteiger partial charge in [0.1, 0.15) is 12.2 Å². The molecule has 1 aromatic heterocycles. The molecule has 0 spiro atoms. The van der Waals surface area contributed by atoms with Crippen molar-refractivity contribution in [3.05, 3.63) is 11.8 Å². The maximum Gasteiger partial charge on any atom is 0.407 e. The molecule has 0 bridgehead atoms. The Hall–Kier alpha value is -2.53. The summed E-state index contributed by atoms with van der Waals surface area (Å²) >= 11 is 0. The van der Waals surface area contributed by atoms with Crippen molar-refractivity contribution in [2.45, 2.75) is 57.8 Å². The number of carbonyl (C=O) groups is 2. The van der Waals surface area contributed by atoms with Crippen molar-refractivity contribution >= 4 is 17.8 Å². The van der Waals surface area contributed by atoms with Crippen molar-refractivity contribution in [1.82, 2.24) is 15.5 Å². The van der Waals surface area contributed by atoms with Crippen molar-refractivity contribution in [2.75, 3.05) is 11.9 Å². The molecular formula is C19H26N4O4. The van der Waals surface area contributed by atoms with Crippen molar-refractivity contribution in [2.24, 2.45) is 11.8 Å². The standard InChI is InChI=1S/C19H26N4O4/c1-5-11-7-13(11)17(24)20-16-9-14(22-23-16)15-8-12(10-26-15)27-18(25)21-19(3,4)6-2/h1,9,11-13,15H,6-8,10H2,2-4H3,(H,21,25)(H2,20,22,23,24)/t11-,12-,13-,15-/m0/s1. The number of amides is 2. The largest absolute Gasteiger partial charge is 0.444 e. The zero-order valence-electron chi connectivity index (χ0n) is 15.9. The average Bonchev–Trinajstić information content (AvgIpc) is 3.03. The molecule has 3 rings (SSSR count). The van der Waals surface area contributed by atoms with Crippen molar-refractivity contribution in [3.8, 4) is 12.3 Å². The molecule has 0 unspecified atom stereocenters. The van der Waals surface area contributed by atoms with Crippen molar-refractivity contribution in [1.29, 1.82) is 0 Å². The van der Waals surface area contributed by atoms with E-state index in [-0.39, 0.29) is 35.5 Å². The van der Waals surface area contributed by atoms with Gasteiger partial charge in [-0.05, 0) is 26.7 Å². The summed E-state index contributed by atoms with van der Waals surface area (Å²) in [5, 5.41) is 12.6. The Morgan fingerprint density at radius 3 is 2.93 bits per heavy atom. The lowest BCUT2D eigenvalue weighted by Crippen LogP contribution is -2.44. The molecule has 2 amide bonds. The van der Waals surface area contributed by atoms with Gasteiger partial charge >= 0.3 is 6.09 Å². The number of anilines is 1. The molecule has 27 heavy (non-hydrogen) atoms. The van der Waals surface area contributed by atoms with Gasteiger partial charge in [-0.25, -0.2) is 4.79 Å². The molecule has 2 aliphatic rings. The Balaban J connectivity index is 1.48. The lowest BCUT2D eigenvalue weighted by Gasteiger charge is -2.24. The maximum atomic E-state index is 12.0. The molecule has 1 aliphatic heterocycles. The third kappa shape index (κ3) is 4.80. The molecule has 2 heterocycles. The number of carbonyl (C=O) groups excluding carboxylic acids is 2. The van der Waals surface area contributed by atoms with Gasteiger partial charge in [-0.15, -0.1) is 12.3 Å². The number of nitrogens with one attached hydrogen (secondary N) is 3. The number of rotatable bonds is 6. The van der Waals surface area contributed by atoms with Crippen LogP contribution in [0.2, 0.25) is 0 Å². The minimum absolute atomic E-state index is 0.0308. The van der Waals surface area contributed by atoms with Gasteiger partial charge in [0.05, 0.1) is 18.2 Å². The minimum atomic E-state index is -0.443. The van der Waals surface area contributed by atoms with E-state index in [1.54, 1.807) is 6.07 Å². The van der Waals surface area contributed by atoms with Gasteiger partial charge in [0, 0.05) is 23.9 Å². The Labute approximate surface area is 158 Å². The van der Waals surface area contributed by atoms with Gasteiger partial charge in [-0.3, -0.25) is 9.89 Å². The summed E-state index contributed by atoms with van der Waals surface area (Å²) in [7, 11) is 0. The molecule has 1 aromatic rings. The normalized spacial score (nSPS) is 26.9. The third-order valence-corrected chi connectivity index (χ3v) is 5.10. The fraction of sp³-hybridized carbons (Fsp3) is 0.632. The van der Waals surface area contributed by atoms with Crippen molar-refractivity contribution in [3.63, 3.8) is 0 Å². The molecule has 146 valence electrons. The summed E-state index contributed by atoms with van der Waals surface area (Å²) in [6, 6.07) is 1.73. The fourth-order valence-corrected chi connectivity index (χ4v) is 2.90. The highest BCUT2D eigenvalue weighted by Gasteiger charge is 2.42. The topological polar surface area (TPSA) is 105 Å². The molecule has 0 radical (unpaired) electrons. The van der Waals surface area contributed by atoms with Crippen LogP contribution in [0.15, 0.2) is 6.07 Å². The Kier molecular flexibility index (Phi) is 5.42. The van der Waals surface area contributed by atoms with Crippen LogP contribution in [-0.2, 0) is 14.3 Å². The first-order valence-electron chi connectivity index (χ1n) is 9.24. The number of hydrogen-bond donors (Lipinski definition) is 3. The van der Waals surface area contributed by atoms with E-state index in [0.29, 0.717) is 18.8 Å². The monoisotopic (exact) mass is 374 g/mol. The van der Waals surface area contributed by atoms with E-state index in [9.17, 15) is 9.59 Å². The molecule has 1 saturated carbocycles. The molecule has 8 heteroatoms. The quantitative estimate of drug-likeness (QED) is 0.663. The van der Waals surface area contributed by atoms with Crippen LogP contribution in [0.25, 0.3) is 0 Å². The number of H-pyrrole nitrogens is 1. The predicted molar refractivity (Wildman–Crippen MR) is 98.7 cm³/mol. The lowest BCUT2D eigenvalue weighted by atomic mass is 10.0. The molecule has 1 aliphatic carbocycles. The fourth-order valence-electron chi connectivity index (χ4n) is 2.90. The highest BCUT2D eigenvalue weighted by Crippen LogP contribution is 2.38. The Bertz CT molecular complexity index is 751. The van der Waals surface area contributed by atoms with Gasteiger partial charge in [-0.1, -0.05) is 6.92 Å². The van der Waals surface area contributed by atoms with Gasteiger partial charge in [-0.2, -0.15) is 5.10 Å². The second-order valence-electron chi connectivity index (χ2n) is 7.76. The number of nitrogens with zero attached hydrogens (tertiary/aromatic N) is 1. The molecule has 1 saturated heterocycles. The number of terminal acetylenes is 1. The lowest BCUT2D eigenvalue weighted by molar-refractivity contribution is -0.117. The predicted octanol–water partition coefficient (Wildman–Crippen LogP) is 2.36. The van der Waals surface area contributed by atoms with Gasteiger partial charge < -0.3 is 20.1 Å². The van der Waals surface area contributed by atoms with Crippen LogP contribution in [0.1, 0.15) is 51.8 Å². The Morgan fingerprint density at radius 2 is 2.26 bits per heavy atom. The van der Waals surface area contributed by atoms with E-state index >= 15 is 0 Å². The van der Waals surface area contributed by atoms with E-state index in [1.807, 2.05) is 20.8 Å². The van der Waals surface area contributed by atoms with Gasteiger partial charge in [0.2, 0.25) is 5.91 Å². The second-order valence-corrected chi connectivity index (χ2v) is 7.76. The van der Waals surface area contributed by atoms with Crippen LogP contribution in [0.3, 0.4) is 0 Å². The first kappa shape index (κ1) is 19.2. The maximum absolute atomic E-state index is 12.0. The molecular weight excluding hydrogens is 348 g/mol. The van der Waals surface area contributed by atoms with Gasteiger partial charge in [0.25, 0.3) is 0 Å². The van der Waals surface area contributed by atoms with E-state index in [1.165, 1.54) is 0 Å². The average molecular weight is 374 g/mol. The van der Waals surface area contributed by atoms with E-state index in [0.717, 1.165) is 18.5 Å². The second kappa shape index (κ2) is 7.61. The van der Waals surface area contributed by atoms with Crippen LogP contribution in [0.5, 0.6) is 0 Å². The summed E-state index contributed by atoms with van der Waals surface area (Å²) in [5.74, 6) is 2.82. The van der Waals surface area contributed by atoms with Crippen LogP contribution < -0.4 is 10.6 Å². The first-order valence-corrected chi connectivity index (χ1v) is 9.24. The number of hydrogen-bond acceptors (Lipinski definition) is 5. The molecule has 3 N–H and O–H groups in total. The summed E-state index contributed by atoms with van der Waals surface area (Å²) in [4.78, 5) is 24.0. The summed E-state index contributed by atoms with van der Waals surface area (Å²) in [6.07, 6.45) is 6.34. The smallest absolute Gasteiger partial charge is 0.407 e. The van der Waals surface area contributed by atoms with Crippen LogP contribution >= 0.6 is 0 Å². The third-order valence-electron chi connectivity index (χ3n) is 5.10. The number of ether oxygens (including phenoxy) is 2. The number of aromatic nitrogens is 2. The summed E-state index contributed by atoms with van der Waals surface area (Å²) in [6.45, 7) is 6.20.